The van der Waals surface area contributed by atoms with E-state index in [4.69, 9.17) is 4.74 Å². The molecule has 0 aliphatic carbocycles. The normalized spacial score (nSPS) is 11.9. The van der Waals surface area contributed by atoms with Crippen molar-refractivity contribution >= 4 is 5.69 Å². The average Bonchev–Trinajstić information content (AvgIpc) is 2.53. The lowest BCUT2D eigenvalue weighted by atomic mass is 10.1. The molecule has 0 saturated heterocycles. The fourth-order valence-electron chi connectivity index (χ4n) is 2.03. The van der Waals surface area contributed by atoms with Crippen LogP contribution >= 0.6 is 0 Å². The van der Waals surface area contributed by atoms with Gasteiger partial charge in [0.25, 0.3) is 0 Å². The molecule has 0 saturated carbocycles. The Morgan fingerprint density at radius 1 is 1.33 bits per heavy atom. The van der Waals surface area contributed by atoms with Crippen LogP contribution in [0, 0.1) is 10.1 Å². The maximum absolute atomic E-state index is 11.0. The van der Waals surface area contributed by atoms with Crippen LogP contribution in [0.3, 0.4) is 0 Å². The average molecular weight is 287 g/mol. The quantitative estimate of drug-likeness (QED) is 0.653. The Morgan fingerprint density at radius 2 is 2.05 bits per heavy atom. The molecular weight excluding hydrogens is 270 g/mol. The minimum atomic E-state index is -0.436. The van der Waals surface area contributed by atoms with Crippen LogP contribution in [0.5, 0.6) is 5.75 Å². The lowest BCUT2D eigenvalue weighted by molar-refractivity contribution is -0.385. The van der Waals surface area contributed by atoms with E-state index < -0.39 is 4.92 Å². The van der Waals surface area contributed by atoms with E-state index >= 15 is 0 Å². The molecule has 0 amide bonds. The van der Waals surface area contributed by atoms with Gasteiger partial charge in [0.05, 0.1) is 12.0 Å². The Hall–Kier alpha value is -2.47. The van der Waals surface area contributed by atoms with Crippen LogP contribution in [-0.4, -0.2) is 17.0 Å². The first-order chi connectivity index (χ1) is 10.1. The molecule has 2 aromatic rings. The number of hydrogen-bond acceptors (Lipinski definition) is 5. The molecule has 0 radical (unpaired) electrons. The van der Waals surface area contributed by atoms with Crippen molar-refractivity contribution in [3.63, 3.8) is 0 Å². The van der Waals surface area contributed by atoms with Gasteiger partial charge in [0, 0.05) is 31.0 Å². The van der Waals surface area contributed by atoms with Gasteiger partial charge >= 0.3 is 5.69 Å². The third-order valence-corrected chi connectivity index (χ3v) is 3.26. The second-order valence-electron chi connectivity index (χ2n) is 4.65. The number of nitrogens with one attached hydrogen (secondary N) is 1. The van der Waals surface area contributed by atoms with E-state index in [1.807, 2.05) is 25.1 Å². The summed E-state index contributed by atoms with van der Waals surface area (Å²) < 4.78 is 4.99. The van der Waals surface area contributed by atoms with Crippen molar-refractivity contribution < 1.29 is 9.66 Å². The Morgan fingerprint density at radius 3 is 2.67 bits per heavy atom. The Balaban J connectivity index is 2.07. The molecule has 0 aliphatic rings. The first-order valence-electron chi connectivity index (χ1n) is 6.56. The second kappa shape index (κ2) is 6.81. The molecule has 1 aromatic heterocycles. The van der Waals surface area contributed by atoms with Crippen LogP contribution in [0.2, 0.25) is 0 Å². The van der Waals surface area contributed by atoms with Crippen molar-refractivity contribution in [2.24, 2.45) is 0 Å². The molecule has 6 heteroatoms. The minimum Gasteiger partial charge on any atom is -0.490 e. The number of nitro groups is 1. The number of benzene rings is 1. The summed E-state index contributed by atoms with van der Waals surface area (Å²) in [5.41, 5.74) is 1.93. The monoisotopic (exact) mass is 287 g/mol. The van der Waals surface area contributed by atoms with Gasteiger partial charge in [-0.3, -0.25) is 15.1 Å². The fraction of sp³-hybridized carbons (Fsp3) is 0.267. The van der Waals surface area contributed by atoms with Gasteiger partial charge in [0.1, 0.15) is 0 Å². The standard InChI is InChI=1S/C15H17N3O3/c1-11(13-5-7-16-8-6-13)17-10-12-3-4-15(21-2)14(9-12)18(19)20/h3-9,11,17H,10H2,1-2H3/t11-/m0/s1. The number of hydrogen-bond donors (Lipinski definition) is 1. The molecular formula is C15H17N3O3. The van der Waals surface area contributed by atoms with Gasteiger partial charge in [-0.15, -0.1) is 0 Å². The van der Waals surface area contributed by atoms with Crippen LogP contribution in [0.1, 0.15) is 24.1 Å². The zero-order valence-electron chi connectivity index (χ0n) is 11.9. The van der Waals surface area contributed by atoms with E-state index in [1.54, 1.807) is 18.5 Å². The maximum Gasteiger partial charge on any atom is 0.311 e. The van der Waals surface area contributed by atoms with Gasteiger partial charge in [-0.1, -0.05) is 6.07 Å². The zero-order chi connectivity index (χ0) is 15.2. The lowest BCUT2D eigenvalue weighted by Crippen LogP contribution is -2.18. The molecule has 0 aliphatic heterocycles. The third-order valence-electron chi connectivity index (χ3n) is 3.26. The number of pyridine rings is 1. The summed E-state index contributed by atoms with van der Waals surface area (Å²) in [4.78, 5) is 14.5. The molecule has 0 unspecified atom stereocenters. The number of rotatable bonds is 6. The van der Waals surface area contributed by atoms with Crippen molar-refractivity contribution in [2.75, 3.05) is 7.11 Å². The number of methoxy groups -OCH3 is 1. The summed E-state index contributed by atoms with van der Waals surface area (Å²) in [7, 11) is 1.42. The molecule has 2 rings (SSSR count). The van der Waals surface area contributed by atoms with Crippen molar-refractivity contribution in [1.29, 1.82) is 0 Å². The van der Waals surface area contributed by atoms with Gasteiger partial charge in [-0.2, -0.15) is 0 Å². The first kappa shape index (κ1) is 14.9. The molecule has 1 atom stereocenters. The Kier molecular flexibility index (Phi) is 4.84. The molecule has 21 heavy (non-hydrogen) atoms. The SMILES string of the molecule is COc1ccc(CN[C@@H](C)c2ccncc2)cc1[N+](=O)[O-]. The van der Waals surface area contributed by atoms with Gasteiger partial charge in [-0.25, -0.2) is 0 Å². The Labute approximate surface area is 122 Å². The number of nitrogens with zero attached hydrogens (tertiary/aromatic N) is 2. The van der Waals surface area contributed by atoms with Gasteiger partial charge < -0.3 is 10.1 Å². The first-order valence-corrected chi connectivity index (χ1v) is 6.56. The smallest absolute Gasteiger partial charge is 0.311 e. The third kappa shape index (κ3) is 3.76. The minimum absolute atomic E-state index is 0.0200. The number of aromatic nitrogens is 1. The van der Waals surface area contributed by atoms with E-state index in [2.05, 4.69) is 10.3 Å². The summed E-state index contributed by atoms with van der Waals surface area (Å²) in [5.74, 6) is 0.269. The predicted octanol–water partition coefficient (Wildman–Crippen LogP) is 2.85. The second-order valence-corrected chi connectivity index (χ2v) is 4.65. The van der Waals surface area contributed by atoms with E-state index in [1.165, 1.54) is 13.2 Å². The van der Waals surface area contributed by atoms with Crippen LogP contribution in [0.4, 0.5) is 5.69 Å². The van der Waals surface area contributed by atoms with E-state index in [9.17, 15) is 10.1 Å². The van der Waals surface area contributed by atoms with Crippen molar-refractivity contribution in [3.05, 3.63) is 64.0 Å². The largest absolute Gasteiger partial charge is 0.490 e. The highest BCUT2D eigenvalue weighted by Crippen LogP contribution is 2.27. The van der Waals surface area contributed by atoms with Crippen LogP contribution < -0.4 is 10.1 Å². The molecule has 6 nitrogen and oxygen atoms in total. The summed E-state index contributed by atoms with van der Waals surface area (Å²) in [5, 5.41) is 14.3. The van der Waals surface area contributed by atoms with Gasteiger partial charge in [0.2, 0.25) is 0 Å². The van der Waals surface area contributed by atoms with Crippen LogP contribution in [-0.2, 0) is 6.54 Å². The lowest BCUT2D eigenvalue weighted by Gasteiger charge is -2.14. The van der Waals surface area contributed by atoms with E-state index in [0.29, 0.717) is 6.54 Å². The van der Waals surface area contributed by atoms with E-state index in [-0.39, 0.29) is 17.5 Å². The van der Waals surface area contributed by atoms with Crippen LogP contribution in [0.25, 0.3) is 0 Å². The molecule has 1 heterocycles. The fourth-order valence-corrected chi connectivity index (χ4v) is 2.03. The van der Waals surface area contributed by atoms with Gasteiger partial charge in [-0.05, 0) is 36.2 Å². The summed E-state index contributed by atoms with van der Waals surface area (Å²) in [6.45, 7) is 2.57. The molecule has 1 aromatic carbocycles. The van der Waals surface area contributed by atoms with Crippen LogP contribution in [0.15, 0.2) is 42.7 Å². The van der Waals surface area contributed by atoms with E-state index in [0.717, 1.165) is 11.1 Å². The summed E-state index contributed by atoms with van der Waals surface area (Å²) in [6, 6.07) is 8.98. The number of ether oxygens (including phenoxy) is 1. The van der Waals surface area contributed by atoms with Crippen molar-refractivity contribution in [1.82, 2.24) is 10.3 Å². The highest BCUT2D eigenvalue weighted by atomic mass is 16.6. The predicted molar refractivity (Wildman–Crippen MR) is 79.1 cm³/mol. The Bertz CT molecular complexity index is 617. The van der Waals surface area contributed by atoms with Crippen molar-refractivity contribution in [2.45, 2.75) is 19.5 Å². The van der Waals surface area contributed by atoms with Crippen molar-refractivity contribution in [3.8, 4) is 5.75 Å². The molecule has 110 valence electrons. The molecule has 1 N–H and O–H groups in total. The summed E-state index contributed by atoms with van der Waals surface area (Å²) >= 11 is 0. The topological polar surface area (TPSA) is 77.3 Å². The molecule has 0 spiro atoms. The maximum atomic E-state index is 11.0. The zero-order valence-corrected chi connectivity index (χ0v) is 11.9. The highest BCUT2D eigenvalue weighted by molar-refractivity contribution is 5.48. The number of nitro benzene ring substituents is 1. The van der Waals surface area contributed by atoms with Gasteiger partial charge in [0.15, 0.2) is 5.75 Å². The molecule has 0 fully saturated rings. The highest BCUT2D eigenvalue weighted by Gasteiger charge is 2.15. The summed E-state index contributed by atoms with van der Waals surface area (Å²) in [6.07, 6.45) is 3.48. The molecule has 0 bridgehead atoms.